The highest BCUT2D eigenvalue weighted by Gasteiger charge is 2.13. The molecule has 92 valence electrons. The van der Waals surface area contributed by atoms with E-state index in [-0.39, 0.29) is 17.1 Å². The topological polar surface area (TPSA) is 76.7 Å². The van der Waals surface area contributed by atoms with Gasteiger partial charge in [-0.1, -0.05) is 0 Å². The molecule has 0 aliphatic carbocycles. The number of ether oxygens (including phenoxy) is 1. The maximum Gasteiger partial charge on any atom is 0.379 e. The number of aromatic carboxylic acids is 1. The first-order valence-corrected chi connectivity index (χ1v) is 5.66. The van der Waals surface area contributed by atoms with Gasteiger partial charge >= 0.3 is 11.9 Å². The molecule has 0 aliphatic rings. The van der Waals surface area contributed by atoms with Gasteiger partial charge in [0.25, 0.3) is 0 Å². The van der Waals surface area contributed by atoms with Crippen LogP contribution in [-0.2, 0) is 0 Å². The summed E-state index contributed by atoms with van der Waals surface area (Å²) in [7, 11) is 0. The number of halogens is 1. The number of carboxylic acids is 1. The molecule has 1 aromatic heterocycles. The van der Waals surface area contributed by atoms with Gasteiger partial charge in [0.1, 0.15) is 5.75 Å². The SMILES string of the molecule is O=C(O)c1ccc(OC(=O)c2ccc(Br)o2)cc1. The average Bonchev–Trinajstić information content (AvgIpc) is 2.76. The molecule has 2 aromatic rings. The number of carboxylic acid groups (broad SMARTS) is 1. The maximum absolute atomic E-state index is 11.6. The lowest BCUT2D eigenvalue weighted by Crippen LogP contribution is -2.07. The molecule has 0 radical (unpaired) electrons. The summed E-state index contributed by atoms with van der Waals surface area (Å²) >= 11 is 3.07. The largest absolute Gasteiger partial charge is 0.478 e. The van der Waals surface area contributed by atoms with Crippen molar-refractivity contribution in [2.24, 2.45) is 0 Å². The zero-order valence-electron chi connectivity index (χ0n) is 8.92. The van der Waals surface area contributed by atoms with E-state index in [1.165, 1.54) is 30.3 Å². The number of carbonyl (C=O) groups excluding carboxylic acids is 1. The van der Waals surface area contributed by atoms with Crippen molar-refractivity contribution in [3.05, 3.63) is 52.4 Å². The lowest BCUT2D eigenvalue weighted by molar-refractivity contribution is 0.0693. The second-order valence-electron chi connectivity index (χ2n) is 3.32. The van der Waals surface area contributed by atoms with E-state index in [0.717, 1.165) is 0 Å². The fourth-order valence-corrected chi connectivity index (χ4v) is 1.55. The second-order valence-corrected chi connectivity index (χ2v) is 4.10. The van der Waals surface area contributed by atoms with Gasteiger partial charge in [0, 0.05) is 0 Å². The van der Waals surface area contributed by atoms with Gasteiger partial charge in [0.15, 0.2) is 4.67 Å². The van der Waals surface area contributed by atoms with Crippen molar-refractivity contribution < 1.29 is 23.8 Å². The molecular formula is C12H7BrO5. The van der Waals surface area contributed by atoms with Gasteiger partial charge in [-0.3, -0.25) is 0 Å². The van der Waals surface area contributed by atoms with Crippen LogP contribution in [0.4, 0.5) is 0 Å². The zero-order chi connectivity index (χ0) is 13.1. The molecule has 5 nitrogen and oxygen atoms in total. The van der Waals surface area contributed by atoms with E-state index in [4.69, 9.17) is 14.3 Å². The summed E-state index contributed by atoms with van der Waals surface area (Å²) in [5, 5.41) is 8.71. The molecule has 0 fully saturated rings. The number of hydrogen-bond acceptors (Lipinski definition) is 4. The van der Waals surface area contributed by atoms with Gasteiger partial charge in [0.05, 0.1) is 5.56 Å². The first kappa shape index (κ1) is 12.4. The molecule has 1 N–H and O–H groups in total. The molecule has 18 heavy (non-hydrogen) atoms. The molecule has 0 spiro atoms. The number of hydrogen-bond donors (Lipinski definition) is 1. The highest BCUT2D eigenvalue weighted by Crippen LogP contribution is 2.18. The van der Waals surface area contributed by atoms with Crippen molar-refractivity contribution >= 4 is 27.9 Å². The number of furan rings is 1. The van der Waals surface area contributed by atoms with E-state index in [0.29, 0.717) is 4.67 Å². The molecule has 1 aromatic carbocycles. The predicted octanol–water partition coefficient (Wildman–Crippen LogP) is 2.96. The first-order chi connectivity index (χ1) is 8.56. The molecule has 1 heterocycles. The molecule has 0 atom stereocenters. The van der Waals surface area contributed by atoms with Crippen molar-refractivity contribution in [1.82, 2.24) is 0 Å². The molecule has 0 unspecified atom stereocenters. The van der Waals surface area contributed by atoms with Crippen LogP contribution in [0.2, 0.25) is 0 Å². The second kappa shape index (κ2) is 5.05. The Bertz CT molecular complexity index is 585. The van der Waals surface area contributed by atoms with Gasteiger partial charge in [0.2, 0.25) is 5.76 Å². The van der Waals surface area contributed by atoms with E-state index in [1.807, 2.05) is 0 Å². The Hall–Kier alpha value is -2.08. The van der Waals surface area contributed by atoms with Crippen LogP contribution in [0.15, 0.2) is 45.5 Å². The summed E-state index contributed by atoms with van der Waals surface area (Å²) in [6.07, 6.45) is 0. The summed E-state index contributed by atoms with van der Waals surface area (Å²) in [6.45, 7) is 0. The summed E-state index contributed by atoms with van der Waals surface area (Å²) < 4.78 is 10.5. The summed E-state index contributed by atoms with van der Waals surface area (Å²) in [5.41, 5.74) is 0.121. The molecule has 0 bridgehead atoms. The third-order valence-electron chi connectivity index (χ3n) is 2.09. The van der Waals surface area contributed by atoms with E-state index in [9.17, 15) is 9.59 Å². The minimum atomic E-state index is -1.04. The Labute approximate surface area is 110 Å². The summed E-state index contributed by atoms with van der Waals surface area (Å²) in [4.78, 5) is 22.2. The van der Waals surface area contributed by atoms with Crippen LogP contribution in [0.25, 0.3) is 0 Å². The minimum Gasteiger partial charge on any atom is -0.478 e. The smallest absolute Gasteiger partial charge is 0.379 e. The first-order valence-electron chi connectivity index (χ1n) is 4.87. The minimum absolute atomic E-state index is 0.0594. The number of benzene rings is 1. The van der Waals surface area contributed by atoms with Crippen molar-refractivity contribution in [2.75, 3.05) is 0 Å². The average molecular weight is 311 g/mol. The maximum atomic E-state index is 11.6. The quantitative estimate of drug-likeness (QED) is 0.696. The lowest BCUT2D eigenvalue weighted by atomic mass is 10.2. The molecular weight excluding hydrogens is 304 g/mol. The van der Waals surface area contributed by atoms with Gasteiger partial charge < -0.3 is 14.3 Å². The van der Waals surface area contributed by atoms with Gasteiger partial charge in [-0.25, -0.2) is 9.59 Å². The van der Waals surface area contributed by atoms with E-state index in [1.54, 1.807) is 6.07 Å². The van der Waals surface area contributed by atoms with Crippen molar-refractivity contribution in [2.45, 2.75) is 0 Å². The summed E-state index contributed by atoms with van der Waals surface area (Å²) in [5.74, 6) is -1.38. The standard InChI is InChI=1S/C12H7BrO5/c13-10-6-5-9(18-10)12(16)17-8-3-1-7(2-4-8)11(14)15/h1-6H,(H,14,15). The fraction of sp³-hybridized carbons (Fsp3) is 0. The lowest BCUT2D eigenvalue weighted by Gasteiger charge is -2.02. The van der Waals surface area contributed by atoms with Crippen LogP contribution in [0.3, 0.4) is 0 Å². The number of esters is 1. The molecule has 0 saturated carbocycles. The third kappa shape index (κ3) is 2.78. The van der Waals surface area contributed by atoms with Gasteiger partial charge in [-0.15, -0.1) is 0 Å². The zero-order valence-corrected chi connectivity index (χ0v) is 10.5. The van der Waals surface area contributed by atoms with Crippen molar-refractivity contribution in [3.63, 3.8) is 0 Å². The number of carbonyl (C=O) groups is 2. The molecule has 0 aliphatic heterocycles. The molecule has 0 amide bonds. The van der Waals surface area contributed by atoms with Gasteiger partial charge in [-0.2, -0.15) is 0 Å². The van der Waals surface area contributed by atoms with Crippen LogP contribution >= 0.6 is 15.9 Å². The summed E-state index contributed by atoms with van der Waals surface area (Å²) in [6, 6.07) is 8.55. The Morgan fingerprint density at radius 2 is 1.78 bits per heavy atom. The highest BCUT2D eigenvalue weighted by molar-refractivity contribution is 9.10. The molecule has 0 saturated heterocycles. The fourth-order valence-electron chi connectivity index (χ4n) is 1.25. The van der Waals surface area contributed by atoms with E-state index in [2.05, 4.69) is 15.9 Å². The Morgan fingerprint density at radius 1 is 1.11 bits per heavy atom. The van der Waals surface area contributed by atoms with E-state index < -0.39 is 11.9 Å². The van der Waals surface area contributed by atoms with Crippen LogP contribution < -0.4 is 4.74 Å². The highest BCUT2D eigenvalue weighted by atomic mass is 79.9. The van der Waals surface area contributed by atoms with Crippen LogP contribution in [0.1, 0.15) is 20.9 Å². The van der Waals surface area contributed by atoms with Crippen molar-refractivity contribution in [1.29, 1.82) is 0 Å². The Balaban J connectivity index is 2.10. The Morgan fingerprint density at radius 3 is 2.28 bits per heavy atom. The molecule has 6 heteroatoms. The van der Waals surface area contributed by atoms with E-state index >= 15 is 0 Å². The third-order valence-corrected chi connectivity index (χ3v) is 2.51. The van der Waals surface area contributed by atoms with Crippen molar-refractivity contribution in [3.8, 4) is 5.75 Å². The van der Waals surface area contributed by atoms with Crippen LogP contribution in [0, 0.1) is 0 Å². The van der Waals surface area contributed by atoms with Gasteiger partial charge in [-0.05, 0) is 52.3 Å². The van der Waals surface area contributed by atoms with Crippen LogP contribution in [0.5, 0.6) is 5.75 Å². The predicted molar refractivity (Wildman–Crippen MR) is 64.8 cm³/mol. The monoisotopic (exact) mass is 310 g/mol. The number of rotatable bonds is 3. The Kier molecular flexibility index (Phi) is 3.47. The van der Waals surface area contributed by atoms with Crippen LogP contribution in [-0.4, -0.2) is 17.0 Å². The molecule has 2 rings (SSSR count). The normalized spacial score (nSPS) is 10.1.